The lowest BCUT2D eigenvalue weighted by Crippen LogP contribution is -2.66. The van der Waals surface area contributed by atoms with Gasteiger partial charge in [-0.2, -0.15) is 0 Å². The monoisotopic (exact) mass is 504 g/mol. The smallest absolute Gasteiger partial charge is 0.187 e. The molecule has 34 heavy (non-hydrogen) atoms. The van der Waals surface area contributed by atoms with Crippen molar-refractivity contribution in [2.24, 2.45) is 0 Å². The Balaban J connectivity index is 1.70. The third-order valence-corrected chi connectivity index (χ3v) is 6.09. The highest BCUT2D eigenvalue weighted by molar-refractivity contribution is 4.95. The summed E-state index contributed by atoms with van der Waals surface area (Å²) < 4.78 is 26.2. The van der Waals surface area contributed by atoms with Gasteiger partial charge < -0.3 is 79.9 Å². The van der Waals surface area contributed by atoms with Crippen molar-refractivity contribution in [3.8, 4) is 0 Å². The highest BCUT2D eigenvalue weighted by atomic mass is 16.8. The zero-order valence-corrected chi connectivity index (χ0v) is 17.7. The van der Waals surface area contributed by atoms with Gasteiger partial charge >= 0.3 is 0 Å². The molecule has 16 heteroatoms. The van der Waals surface area contributed by atoms with Gasteiger partial charge in [-0.05, 0) is 0 Å². The molecule has 16 nitrogen and oxygen atoms in total. The van der Waals surface area contributed by atoms with E-state index in [0.29, 0.717) is 0 Å². The predicted octanol–water partition coefficient (Wildman–Crippen LogP) is -7.57. The maximum atomic E-state index is 10.6. The van der Waals surface area contributed by atoms with E-state index in [2.05, 4.69) is 0 Å². The van der Waals surface area contributed by atoms with Crippen LogP contribution in [0, 0.1) is 0 Å². The fourth-order valence-corrected chi connectivity index (χ4v) is 4.04. The second-order valence-corrected chi connectivity index (χ2v) is 8.33. The Labute approximate surface area is 192 Å². The van der Waals surface area contributed by atoms with E-state index in [-0.39, 0.29) is 0 Å². The first-order valence-corrected chi connectivity index (χ1v) is 10.6. The number of rotatable bonds is 7. The van der Waals surface area contributed by atoms with Crippen LogP contribution < -0.4 is 0 Å². The third kappa shape index (κ3) is 5.37. The largest absolute Gasteiger partial charge is 0.394 e. The first-order valence-electron chi connectivity index (χ1n) is 10.6. The quantitative estimate of drug-likeness (QED) is 0.154. The van der Waals surface area contributed by atoms with Gasteiger partial charge in [0.15, 0.2) is 18.9 Å². The number of ether oxygens (including phenoxy) is 5. The molecule has 0 bridgehead atoms. The average Bonchev–Trinajstić information content (AvgIpc) is 2.83. The number of hydrogen-bond acceptors (Lipinski definition) is 16. The van der Waals surface area contributed by atoms with Crippen molar-refractivity contribution >= 4 is 0 Å². The molecule has 11 N–H and O–H groups in total. The van der Waals surface area contributed by atoms with E-state index in [1.54, 1.807) is 0 Å². The summed E-state index contributed by atoms with van der Waals surface area (Å²) in [6, 6.07) is 0. The molecule has 0 aromatic carbocycles. The highest BCUT2D eigenvalue weighted by Crippen LogP contribution is 2.31. The van der Waals surface area contributed by atoms with Crippen LogP contribution in [0.5, 0.6) is 0 Å². The van der Waals surface area contributed by atoms with Gasteiger partial charge in [0.2, 0.25) is 0 Å². The van der Waals surface area contributed by atoms with Gasteiger partial charge in [0.1, 0.15) is 73.2 Å². The lowest BCUT2D eigenvalue weighted by Gasteiger charge is -2.47. The molecule has 0 aromatic heterocycles. The lowest BCUT2D eigenvalue weighted by molar-refractivity contribution is -0.381. The van der Waals surface area contributed by atoms with Crippen LogP contribution in [0.25, 0.3) is 0 Å². The Morgan fingerprint density at radius 2 is 0.853 bits per heavy atom. The number of aliphatic hydroxyl groups is 11. The molecule has 0 spiro atoms. The molecular weight excluding hydrogens is 472 g/mol. The normalized spacial score (nSPS) is 52.5. The Kier molecular flexibility index (Phi) is 9.54. The van der Waals surface area contributed by atoms with Crippen LogP contribution in [0.1, 0.15) is 0 Å². The molecule has 0 radical (unpaired) electrons. The van der Waals surface area contributed by atoms with E-state index in [0.717, 1.165) is 0 Å². The summed E-state index contributed by atoms with van der Waals surface area (Å²) in [5, 5.41) is 109. The van der Waals surface area contributed by atoms with Crippen molar-refractivity contribution < 1.29 is 79.9 Å². The van der Waals surface area contributed by atoms with Crippen molar-refractivity contribution in [2.75, 3.05) is 19.8 Å². The second kappa shape index (κ2) is 11.6. The van der Waals surface area contributed by atoms with Crippen LogP contribution in [-0.4, -0.2) is 168 Å². The predicted molar refractivity (Wildman–Crippen MR) is 101 cm³/mol. The minimum atomic E-state index is -1.93. The Bertz CT molecular complexity index is 637. The van der Waals surface area contributed by atoms with Gasteiger partial charge in [0, 0.05) is 0 Å². The molecule has 0 aromatic rings. The summed E-state index contributed by atoms with van der Waals surface area (Å²) in [6.45, 7) is -2.28. The molecule has 1 unspecified atom stereocenters. The van der Waals surface area contributed by atoms with Crippen molar-refractivity contribution in [3.05, 3.63) is 0 Å². The van der Waals surface area contributed by atoms with E-state index in [1.165, 1.54) is 0 Å². The molecule has 3 fully saturated rings. The van der Waals surface area contributed by atoms with Crippen LogP contribution in [-0.2, 0) is 23.7 Å². The Morgan fingerprint density at radius 3 is 1.41 bits per heavy atom. The van der Waals surface area contributed by atoms with E-state index >= 15 is 0 Å². The van der Waals surface area contributed by atoms with Crippen LogP contribution in [0.3, 0.4) is 0 Å². The zero-order chi connectivity index (χ0) is 25.3. The van der Waals surface area contributed by atoms with E-state index < -0.39 is 112 Å². The fourth-order valence-electron chi connectivity index (χ4n) is 4.04. The summed E-state index contributed by atoms with van der Waals surface area (Å²) in [4.78, 5) is 0. The van der Waals surface area contributed by atoms with Crippen molar-refractivity contribution in [3.63, 3.8) is 0 Å². The molecule has 3 rings (SSSR count). The van der Waals surface area contributed by atoms with Crippen molar-refractivity contribution in [1.82, 2.24) is 0 Å². The van der Waals surface area contributed by atoms with Gasteiger partial charge in [-0.1, -0.05) is 0 Å². The highest BCUT2D eigenvalue weighted by Gasteiger charge is 2.53. The van der Waals surface area contributed by atoms with Crippen molar-refractivity contribution in [2.45, 2.75) is 92.1 Å². The Hall–Kier alpha value is -0.640. The summed E-state index contributed by atoms with van der Waals surface area (Å²) in [5.41, 5.74) is 0. The molecule has 3 saturated heterocycles. The first-order chi connectivity index (χ1) is 16.0. The molecule has 200 valence electrons. The first kappa shape index (κ1) is 27.9. The molecule has 15 atom stereocenters. The van der Waals surface area contributed by atoms with E-state index in [9.17, 15) is 51.1 Å². The summed E-state index contributed by atoms with van der Waals surface area (Å²) in [5.74, 6) is 0. The standard InChI is InChI=1S/C18H32O16/c19-1-4-8(23)10(25)15(16(29)30-4)34-18-13(28)11(26)14(6(3-21)32-18)33-17-12(27)9(24)7(22)5(2-20)31-17/h4-29H,1-3H2/t4-,5-,6-,7+,8-,9+,10+,11-,12-,13-,14-,15-,16?,17+,18-/m1/s1. The molecular formula is C18H32O16. The fraction of sp³-hybridized carbons (Fsp3) is 1.00. The minimum Gasteiger partial charge on any atom is -0.394 e. The molecule has 0 aliphatic carbocycles. The zero-order valence-electron chi connectivity index (χ0n) is 17.7. The van der Waals surface area contributed by atoms with Gasteiger partial charge in [-0.25, -0.2) is 0 Å². The van der Waals surface area contributed by atoms with Crippen LogP contribution in [0.15, 0.2) is 0 Å². The molecule has 3 aliphatic heterocycles. The second-order valence-electron chi connectivity index (χ2n) is 8.33. The molecule has 0 amide bonds. The number of hydrogen-bond donors (Lipinski definition) is 11. The summed E-state index contributed by atoms with van der Waals surface area (Å²) in [6.07, 6.45) is -25.2. The van der Waals surface area contributed by atoms with Gasteiger partial charge in [0.05, 0.1) is 19.8 Å². The summed E-state index contributed by atoms with van der Waals surface area (Å²) >= 11 is 0. The Morgan fingerprint density at radius 1 is 0.441 bits per heavy atom. The van der Waals surface area contributed by atoms with Crippen LogP contribution in [0.4, 0.5) is 0 Å². The van der Waals surface area contributed by atoms with E-state index in [1.807, 2.05) is 0 Å². The van der Waals surface area contributed by atoms with Gasteiger partial charge in [0.25, 0.3) is 0 Å². The topological polar surface area (TPSA) is 269 Å². The van der Waals surface area contributed by atoms with Crippen LogP contribution in [0.2, 0.25) is 0 Å². The van der Waals surface area contributed by atoms with Gasteiger partial charge in [-0.3, -0.25) is 0 Å². The van der Waals surface area contributed by atoms with Crippen molar-refractivity contribution in [1.29, 1.82) is 0 Å². The maximum Gasteiger partial charge on any atom is 0.187 e. The molecule has 0 saturated carbocycles. The molecule has 3 heterocycles. The van der Waals surface area contributed by atoms with Crippen LogP contribution >= 0.6 is 0 Å². The molecule has 3 aliphatic rings. The van der Waals surface area contributed by atoms with Gasteiger partial charge in [-0.15, -0.1) is 0 Å². The lowest BCUT2D eigenvalue weighted by atomic mass is 9.96. The maximum absolute atomic E-state index is 10.6. The van der Waals surface area contributed by atoms with E-state index in [4.69, 9.17) is 28.8 Å². The summed E-state index contributed by atoms with van der Waals surface area (Å²) in [7, 11) is 0. The number of aliphatic hydroxyl groups excluding tert-OH is 11. The average molecular weight is 504 g/mol. The minimum absolute atomic E-state index is 0.715. The third-order valence-electron chi connectivity index (χ3n) is 6.09. The SMILES string of the molecule is OC[C@H]1O[C@@H](O[C@H]2[C@H](O)[C@@H](O)[C@@H](O[C@H]3C(O)O[C@H](CO)[C@@H](O)[C@@H]3O)O[C@@H]2CO)[C@H](O)[C@@H](O)[C@H]1O.